The molecule has 1 heterocycles. The minimum absolute atomic E-state index is 0.0755. The number of hydrogen-bond acceptors (Lipinski definition) is 9. The summed E-state index contributed by atoms with van der Waals surface area (Å²) in [7, 11) is 1.44. The smallest absolute Gasteiger partial charge is 0.305 e. The maximum atomic E-state index is 13.1. The Labute approximate surface area is 230 Å². The van der Waals surface area contributed by atoms with Gasteiger partial charge in [0.25, 0.3) is 6.01 Å². The molecule has 0 unspecified atom stereocenters. The number of ketones is 2. The second kappa shape index (κ2) is 13.4. The van der Waals surface area contributed by atoms with Crippen LogP contribution in [-0.4, -0.2) is 65.2 Å². The van der Waals surface area contributed by atoms with Crippen molar-refractivity contribution in [2.45, 2.75) is 45.7 Å². The van der Waals surface area contributed by atoms with E-state index in [1.54, 1.807) is 56.3 Å². The highest BCUT2D eigenvalue weighted by Gasteiger charge is 2.30. The molecule has 2 amide bonds. The van der Waals surface area contributed by atoms with E-state index in [0.29, 0.717) is 28.0 Å². The van der Waals surface area contributed by atoms with Crippen molar-refractivity contribution in [2.75, 3.05) is 19.0 Å². The summed E-state index contributed by atoms with van der Waals surface area (Å²) in [6, 6.07) is 9.36. The number of rotatable bonds is 14. The molecule has 3 rings (SSSR count). The van der Waals surface area contributed by atoms with Crippen molar-refractivity contribution in [2.24, 2.45) is 5.92 Å². The van der Waals surface area contributed by atoms with E-state index in [2.05, 4.69) is 20.9 Å². The molecule has 0 spiro atoms. The van der Waals surface area contributed by atoms with Crippen LogP contribution in [0, 0.1) is 5.92 Å². The lowest BCUT2D eigenvalue weighted by molar-refractivity contribution is -0.140. The Bertz CT molecular complexity index is 1380. The van der Waals surface area contributed by atoms with Gasteiger partial charge in [-0.3, -0.25) is 24.0 Å². The van der Waals surface area contributed by atoms with Gasteiger partial charge in [-0.15, -0.1) is 0 Å². The molecule has 2 aromatic carbocycles. The first kappa shape index (κ1) is 29.8. The Balaban J connectivity index is 1.67. The molecule has 212 valence electrons. The van der Waals surface area contributed by atoms with Crippen LogP contribution in [0.3, 0.4) is 0 Å². The molecular formula is C28H32N4O8. The number of fused-ring (bicyclic) bond motifs is 1. The van der Waals surface area contributed by atoms with Crippen molar-refractivity contribution < 1.29 is 38.2 Å². The number of carbonyl (C=O) groups is 5. The summed E-state index contributed by atoms with van der Waals surface area (Å²) in [5, 5.41) is 17.2. The Morgan fingerprint density at radius 3 is 2.40 bits per heavy atom. The zero-order chi connectivity index (χ0) is 29.4. The number of nitrogens with zero attached hydrogens (tertiary/aromatic N) is 1. The summed E-state index contributed by atoms with van der Waals surface area (Å²) >= 11 is 0. The van der Waals surface area contributed by atoms with Gasteiger partial charge < -0.3 is 30.2 Å². The monoisotopic (exact) mass is 552 g/mol. The molecule has 0 bridgehead atoms. The molecule has 0 saturated heterocycles. The molecular weight excluding hydrogens is 520 g/mol. The van der Waals surface area contributed by atoms with Crippen molar-refractivity contribution in [1.29, 1.82) is 0 Å². The lowest BCUT2D eigenvalue weighted by atomic mass is 10.0. The zero-order valence-corrected chi connectivity index (χ0v) is 22.6. The van der Waals surface area contributed by atoms with Crippen molar-refractivity contribution >= 4 is 46.5 Å². The van der Waals surface area contributed by atoms with Crippen molar-refractivity contribution in [3.63, 3.8) is 0 Å². The Hall–Kier alpha value is -4.74. The SMILES string of the molecule is COc1ccc(C(C)=O)cc1CC(=O)N[C@H](C(=O)N[C@@H](CC(=O)O)C(=O)CNc1nc2ccccc2o1)C(C)C. The Kier molecular flexibility index (Phi) is 9.96. The van der Waals surface area contributed by atoms with Gasteiger partial charge in [0.05, 0.1) is 32.5 Å². The third-order valence-corrected chi connectivity index (χ3v) is 6.10. The molecule has 12 nitrogen and oxygen atoms in total. The highest BCUT2D eigenvalue weighted by atomic mass is 16.5. The molecule has 0 fully saturated rings. The number of amides is 2. The zero-order valence-electron chi connectivity index (χ0n) is 22.6. The number of para-hydroxylation sites is 2. The number of methoxy groups -OCH3 is 1. The minimum atomic E-state index is -1.37. The van der Waals surface area contributed by atoms with Crippen molar-refractivity contribution in [3.8, 4) is 5.75 Å². The summed E-state index contributed by atoms with van der Waals surface area (Å²) in [6.07, 6.45) is -0.833. The van der Waals surface area contributed by atoms with Gasteiger partial charge in [-0.25, -0.2) is 0 Å². The molecule has 2 atom stereocenters. The number of ether oxygens (including phenoxy) is 1. The predicted octanol–water partition coefficient (Wildman–Crippen LogP) is 2.36. The van der Waals surface area contributed by atoms with Crippen LogP contribution in [0.2, 0.25) is 0 Å². The average Bonchev–Trinajstić information content (AvgIpc) is 3.32. The van der Waals surface area contributed by atoms with Crippen molar-refractivity contribution in [3.05, 3.63) is 53.6 Å². The van der Waals surface area contributed by atoms with E-state index < -0.39 is 48.0 Å². The molecule has 1 aromatic heterocycles. The summed E-state index contributed by atoms with van der Waals surface area (Å²) in [5.41, 5.74) is 1.95. The fourth-order valence-corrected chi connectivity index (χ4v) is 3.98. The van der Waals surface area contributed by atoms with Gasteiger partial charge in [-0.05, 0) is 43.2 Å². The molecule has 0 saturated carbocycles. The van der Waals surface area contributed by atoms with Gasteiger partial charge in [-0.1, -0.05) is 26.0 Å². The van der Waals surface area contributed by atoms with Crippen LogP contribution < -0.4 is 20.7 Å². The largest absolute Gasteiger partial charge is 0.496 e. The number of aromatic nitrogens is 1. The summed E-state index contributed by atoms with van der Waals surface area (Å²) < 4.78 is 10.8. The second-order valence-electron chi connectivity index (χ2n) is 9.51. The van der Waals surface area contributed by atoms with E-state index in [1.807, 2.05) is 0 Å². The van der Waals surface area contributed by atoms with E-state index in [-0.39, 0.29) is 24.8 Å². The van der Waals surface area contributed by atoms with E-state index >= 15 is 0 Å². The lowest BCUT2D eigenvalue weighted by Crippen LogP contribution is -2.55. The third-order valence-electron chi connectivity index (χ3n) is 6.10. The van der Waals surface area contributed by atoms with Crippen LogP contribution in [0.25, 0.3) is 11.1 Å². The fraction of sp³-hybridized carbons (Fsp3) is 0.357. The number of hydrogen-bond donors (Lipinski definition) is 4. The lowest BCUT2D eigenvalue weighted by Gasteiger charge is -2.25. The summed E-state index contributed by atoms with van der Waals surface area (Å²) in [4.78, 5) is 66.3. The summed E-state index contributed by atoms with van der Waals surface area (Å²) in [6.45, 7) is 4.45. The van der Waals surface area contributed by atoms with Gasteiger partial charge in [0.15, 0.2) is 17.1 Å². The molecule has 3 aromatic rings. The second-order valence-corrected chi connectivity index (χ2v) is 9.51. The number of carbonyl (C=O) groups excluding carboxylic acids is 4. The molecule has 0 aliphatic carbocycles. The number of nitrogens with one attached hydrogen (secondary N) is 3. The van der Waals surface area contributed by atoms with Crippen molar-refractivity contribution in [1.82, 2.24) is 15.6 Å². The standard InChI is InChI=1S/C28H32N4O8/c1-15(2)26(32-24(35)12-18-11-17(16(3)33)9-10-22(18)39-4)27(38)30-20(13-25(36)37)21(34)14-29-28-31-19-7-5-6-8-23(19)40-28/h5-11,15,20,26H,12-14H2,1-4H3,(H,29,31)(H,30,38)(H,32,35)(H,36,37)/t20-,26-/m0/s1. The highest BCUT2D eigenvalue weighted by molar-refractivity contribution is 5.97. The quantitative estimate of drug-likeness (QED) is 0.217. The first-order valence-corrected chi connectivity index (χ1v) is 12.6. The van der Waals surface area contributed by atoms with Gasteiger partial charge >= 0.3 is 5.97 Å². The number of aliphatic carboxylic acids is 1. The van der Waals surface area contributed by atoms with E-state index in [1.165, 1.54) is 14.0 Å². The number of carboxylic acids is 1. The van der Waals surface area contributed by atoms with Crippen LogP contribution in [0.1, 0.15) is 43.1 Å². The fourth-order valence-electron chi connectivity index (χ4n) is 3.98. The number of oxazole rings is 1. The van der Waals surface area contributed by atoms with Crippen LogP contribution in [0.5, 0.6) is 5.75 Å². The number of anilines is 1. The highest BCUT2D eigenvalue weighted by Crippen LogP contribution is 2.21. The first-order valence-electron chi connectivity index (χ1n) is 12.6. The van der Waals surface area contributed by atoms with E-state index in [0.717, 1.165) is 0 Å². The Morgan fingerprint density at radius 2 is 1.77 bits per heavy atom. The van der Waals surface area contributed by atoms with Gasteiger partial charge in [0.1, 0.15) is 17.3 Å². The molecule has 40 heavy (non-hydrogen) atoms. The first-order chi connectivity index (χ1) is 19.0. The van der Waals surface area contributed by atoms with Crippen LogP contribution in [0.4, 0.5) is 6.01 Å². The van der Waals surface area contributed by atoms with Gasteiger partial charge in [0.2, 0.25) is 11.8 Å². The van der Waals surface area contributed by atoms with Gasteiger partial charge in [0, 0.05) is 11.1 Å². The maximum Gasteiger partial charge on any atom is 0.305 e. The Morgan fingerprint density at radius 1 is 1.05 bits per heavy atom. The topological polar surface area (TPSA) is 177 Å². The number of benzene rings is 2. The minimum Gasteiger partial charge on any atom is -0.496 e. The van der Waals surface area contributed by atoms with Gasteiger partial charge in [-0.2, -0.15) is 4.98 Å². The van der Waals surface area contributed by atoms with Crippen LogP contribution in [0.15, 0.2) is 46.9 Å². The molecule has 0 radical (unpaired) electrons. The van der Waals surface area contributed by atoms with Crippen LogP contribution >= 0.6 is 0 Å². The molecule has 0 aliphatic rings. The predicted molar refractivity (Wildman–Crippen MR) is 145 cm³/mol. The third kappa shape index (κ3) is 7.88. The average molecular weight is 553 g/mol. The van der Waals surface area contributed by atoms with E-state index in [4.69, 9.17) is 9.15 Å². The molecule has 4 N–H and O–H groups in total. The normalized spacial score (nSPS) is 12.4. The van der Waals surface area contributed by atoms with Crippen LogP contribution in [-0.2, 0) is 25.6 Å². The molecule has 0 aliphatic heterocycles. The van der Waals surface area contributed by atoms with E-state index in [9.17, 15) is 29.1 Å². The number of Topliss-reactive ketones (excluding diaryl/α,β-unsaturated/α-hetero) is 2. The molecule has 12 heteroatoms. The maximum absolute atomic E-state index is 13.1. The summed E-state index contributed by atoms with van der Waals surface area (Å²) in [5.74, 6) is -3.30. The number of carboxylic acid groups (broad SMARTS) is 1.